The van der Waals surface area contributed by atoms with Gasteiger partial charge in [0.15, 0.2) is 9.84 Å². The number of hydrogen-bond donors (Lipinski definition) is 0. The lowest BCUT2D eigenvalue weighted by Gasteiger charge is -2.04. The fraction of sp³-hybridized carbons (Fsp3) is 0.500. The molecule has 0 spiro atoms. The van der Waals surface area contributed by atoms with Gasteiger partial charge in [0, 0.05) is 5.33 Å². The first-order valence-electron chi connectivity index (χ1n) is 5.41. The van der Waals surface area contributed by atoms with Gasteiger partial charge >= 0.3 is 0 Å². The second kappa shape index (κ2) is 6.40. The van der Waals surface area contributed by atoms with Gasteiger partial charge in [-0.05, 0) is 37.5 Å². The Morgan fingerprint density at radius 3 is 2.56 bits per heavy atom. The summed E-state index contributed by atoms with van der Waals surface area (Å²) in [7, 11) is -3.08. The van der Waals surface area contributed by atoms with Crippen LogP contribution >= 0.6 is 15.9 Å². The average molecular weight is 305 g/mol. The number of benzene rings is 1. The standard InChI is InChI=1S/C12H17BrO2S/c1-11-6-5-7-12(10-11)16(14,15)9-4-2-3-8-13/h5-7,10H,2-4,8-9H2,1H3. The van der Waals surface area contributed by atoms with Crippen molar-refractivity contribution in [2.24, 2.45) is 0 Å². The molecule has 0 bridgehead atoms. The minimum Gasteiger partial charge on any atom is -0.224 e. The summed E-state index contributed by atoms with van der Waals surface area (Å²) in [5.74, 6) is 0.253. The molecular formula is C12H17BrO2S. The van der Waals surface area contributed by atoms with Crippen molar-refractivity contribution >= 4 is 25.8 Å². The Hall–Kier alpha value is -0.350. The fourth-order valence-electron chi connectivity index (χ4n) is 1.49. The molecule has 0 amide bonds. The van der Waals surface area contributed by atoms with E-state index in [0.29, 0.717) is 4.90 Å². The topological polar surface area (TPSA) is 34.1 Å². The van der Waals surface area contributed by atoms with Crippen LogP contribution in [0.3, 0.4) is 0 Å². The molecule has 0 fully saturated rings. The molecule has 0 unspecified atom stereocenters. The number of halogens is 1. The first-order valence-corrected chi connectivity index (χ1v) is 8.19. The molecule has 4 heteroatoms. The van der Waals surface area contributed by atoms with E-state index in [1.54, 1.807) is 18.2 Å². The van der Waals surface area contributed by atoms with Gasteiger partial charge in [-0.1, -0.05) is 34.5 Å². The molecule has 0 saturated heterocycles. The zero-order valence-corrected chi connectivity index (χ0v) is 11.9. The van der Waals surface area contributed by atoms with Gasteiger partial charge < -0.3 is 0 Å². The van der Waals surface area contributed by atoms with Gasteiger partial charge in [-0.25, -0.2) is 8.42 Å². The van der Waals surface area contributed by atoms with Crippen molar-refractivity contribution in [1.82, 2.24) is 0 Å². The van der Waals surface area contributed by atoms with Crippen LogP contribution < -0.4 is 0 Å². The predicted molar refractivity (Wildman–Crippen MR) is 70.9 cm³/mol. The van der Waals surface area contributed by atoms with Crippen LogP contribution in [0.4, 0.5) is 0 Å². The van der Waals surface area contributed by atoms with Gasteiger partial charge in [-0.3, -0.25) is 0 Å². The molecular weight excluding hydrogens is 288 g/mol. The molecule has 90 valence electrons. The van der Waals surface area contributed by atoms with Crippen molar-refractivity contribution in [3.8, 4) is 0 Å². The predicted octanol–water partition coefficient (Wildman–Crippen LogP) is 3.33. The summed E-state index contributed by atoms with van der Waals surface area (Å²) in [4.78, 5) is 0.450. The van der Waals surface area contributed by atoms with Crippen LogP contribution in [0.1, 0.15) is 24.8 Å². The number of sulfone groups is 1. The van der Waals surface area contributed by atoms with Gasteiger partial charge in [-0.2, -0.15) is 0 Å². The largest absolute Gasteiger partial charge is 0.224 e. The molecule has 0 aliphatic rings. The molecule has 0 aliphatic heterocycles. The third-order valence-corrected chi connectivity index (χ3v) is 4.75. The van der Waals surface area contributed by atoms with Crippen LogP contribution in [0.2, 0.25) is 0 Å². The van der Waals surface area contributed by atoms with Crippen molar-refractivity contribution in [3.05, 3.63) is 29.8 Å². The van der Waals surface area contributed by atoms with E-state index in [9.17, 15) is 8.42 Å². The third kappa shape index (κ3) is 4.26. The second-order valence-corrected chi connectivity index (χ2v) is 6.79. The lowest BCUT2D eigenvalue weighted by molar-refractivity contribution is 0.591. The van der Waals surface area contributed by atoms with Crippen LogP contribution in [0, 0.1) is 6.92 Å². The molecule has 0 saturated carbocycles. The summed E-state index contributed by atoms with van der Waals surface area (Å²) in [6.07, 6.45) is 2.72. The lowest BCUT2D eigenvalue weighted by atomic mass is 10.2. The number of aryl methyl sites for hydroxylation is 1. The molecule has 0 aromatic heterocycles. The average Bonchev–Trinajstić information content (AvgIpc) is 2.24. The lowest BCUT2D eigenvalue weighted by Crippen LogP contribution is -2.07. The Labute approximate surface area is 106 Å². The Morgan fingerprint density at radius 2 is 1.94 bits per heavy atom. The fourth-order valence-corrected chi connectivity index (χ4v) is 3.36. The smallest absolute Gasteiger partial charge is 0.178 e. The molecule has 0 heterocycles. The van der Waals surface area contributed by atoms with Crippen molar-refractivity contribution in [3.63, 3.8) is 0 Å². The quantitative estimate of drug-likeness (QED) is 0.597. The van der Waals surface area contributed by atoms with Crippen molar-refractivity contribution in [2.75, 3.05) is 11.1 Å². The summed E-state index contributed by atoms with van der Waals surface area (Å²) in [5.41, 5.74) is 0.988. The van der Waals surface area contributed by atoms with E-state index in [4.69, 9.17) is 0 Å². The summed E-state index contributed by atoms with van der Waals surface area (Å²) < 4.78 is 23.9. The van der Waals surface area contributed by atoms with E-state index < -0.39 is 9.84 Å². The highest BCUT2D eigenvalue weighted by atomic mass is 79.9. The monoisotopic (exact) mass is 304 g/mol. The highest BCUT2D eigenvalue weighted by Gasteiger charge is 2.13. The van der Waals surface area contributed by atoms with Gasteiger partial charge in [0.2, 0.25) is 0 Å². The second-order valence-electron chi connectivity index (χ2n) is 3.89. The molecule has 1 aromatic carbocycles. The highest BCUT2D eigenvalue weighted by molar-refractivity contribution is 9.09. The number of hydrogen-bond acceptors (Lipinski definition) is 2. The zero-order chi connectivity index (χ0) is 12.0. The molecule has 0 radical (unpaired) electrons. The Kier molecular flexibility index (Phi) is 5.49. The maximum absolute atomic E-state index is 11.9. The summed E-state index contributed by atoms with van der Waals surface area (Å²) >= 11 is 3.34. The van der Waals surface area contributed by atoms with E-state index in [2.05, 4.69) is 15.9 Å². The number of rotatable bonds is 6. The first kappa shape index (κ1) is 13.7. The van der Waals surface area contributed by atoms with E-state index in [0.717, 1.165) is 30.2 Å². The first-order chi connectivity index (χ1) is 7.56. The van der Waals surface area contributed by atoms with Crippen LogP contribution in [0.5, 0.6) is 0 Å². The summed E-state index contributed by atoms with van der Waals surface area (Å²) in [5, 5.41) is 0.942. The third-order valence-electron chi connectivity index (χ3n) is 2.40. The molecule has 2 nitrogen and oxygen atoms in total. The SMILES string of the molecule is Cc1cccc(S(=O)(=O)CCCCCBr)c1. The van der Waals surface area contributed by atoms with Gasteiger partial charge in [0.1, 0.15) is 0 Å². The molecule has 0 atom stereocenters. The molecule has 16 heavy (non-hydrogen) atoms. The molecule has 1 aromatic rings. The normalized spacial score (nSPS) is 11.6. The highest BCUT2D eigenvalue weighted by Crippen LogP contribution is 2.14. The maximum Gasteiger partial charge on any atom is 0.178 e. The van der Waals surface area contributed by atoms with E-state index >= 15 is 0 Å². The van der Waals surface area contributed by atoms with E-state index in [1.807, 2.05) is 13.0 Å². The van der Waals surface area contributed by atoms with Crippen LogP contribution in [-0.2, 0) is 9.84 Å². The van der Waals surface area contributed by atoms with Crippen molar-refractivity contribution in [1.29, 1.82) is 0 Å². The molecule has 0 aliphatic carbocycles. The summed E-state index contributed by atoms with van der Waals surface area (Å²) in [6.45, 7) is 1.91. The van der Waals surface area contributed by atoms with Crippen molar-refractivity contribution < 1.29 is 8.42 Å². The Morgan fingerprint density at radius 1 is 1.19 bits per heavy atom. The van der Waals surface area contributed by atoms with E-state index in [1.165, 1.54) is 0 Å². The number of unbranched alkanes of at least 4 members (excludes halogenated alkanes) is 2. The molecule has 0 N–H and O–H groups in total. The maximum atomic E-state index is 11.9. The minimum atomic E-state index is -3.08. The van der Waals surface area contributed by atoms with Crippen molar-refractivity contribution in [2.45, 2.75) is 31.1 Å². The van der Waals surface area contributed by atoms with Crippen LogP contribution in [0.15, 0.2) is 29.2 Å². The number of alkyl halides is 1. The minimum absolute atomic E-state index is 0.253. The zero-order valence-electron chi connectivity index (χ0n) is 9.45. The summed E-state index contributed by atoms with van der Waals surface area (Å²) in [6, 6.07) is 7.11. The van der Waals surface area contributed by atoms with Gasteiger partial charge in [0.05, 0.1) is 10.6 Å². The van der Waals surface area contributed by atoms with Crippen LogP contribution in [-0.4, -0.2) is 19.5 Å². The molecule has 1 rings (SSSR count). The Balaban J connectivity index is 2.64. The van der Waals surface area contributed by atoms with E-state index in [-0.39, 0.29) is 5.75 Å². The van der Waals surface area contributed by atoms with Gasteiger partial charge in [-0.15, -0.1) is 0 Å². The Bertz CT molecular complexity index is 426. The van der Waals surface area contributed by atoms with Gasteiger partial charge in [0.25, 0.3) is 0 Å². The van der Waals surface area contributed by atoms with Crippen LogP contribution in [0.25, 0.3) is 0 Å².